The molecule has 0 N–H and O–H groups in total. The highest BCUT2D eigenvalue weighted by atomic mass is 15.4. The van der Waals surface area contributed by atoms with Gasteiger partial charge in [0.25, 0.3) is 0 Å². The van der Waals surface area contributed by atoms with E-state index in [1.165, 1.54) is 5.56 Å². The van der Waals surface area contributed by atoms with E-state index in [-0.39, 0.29) is 28.6 Å². The fraction of sp³-hybridized carbons (Fsp3) is 0.198. The quantitative estimate of drug-likeness (QED) is 0.143. The van der Waals surface area contributed by atoms with Gasteiger partial charge in [-0.2, -0.15) is 0 Å². The van der Waals surface area contributed by atoms with Gasteiger partial charge in [-0.1, -0.05) is 214 Å². The largest absolute Gasteiger partial charge is 0.321 e. The Kier molecular flexibility index (Phi) is 11.3. The van der Waals surface area contributed by atoms with Crippen LogP contribution < -0.4 is 19.6 Å². The standard InChI is InChI=1S/C81H77N5/c1-53-54(2)76(57-26-16-13-17-27-57)78(77(55(53)3)58-28-18-14-19-29-58)84-52-83(72-34-24-25-35-73(72)84)65-47-62(81(10,11)12)48-66(50-65)85(63-30-20-15-21-31-63)64-41-42-69-67-32-22-23-33-68(67)70-46-59(56-36-39-60(40-37-56)79(4,5)6)38-43-71(70)86(74(69)51-64)75-49-61(44-45-82-75)80(7,8)9/h13-51H,52H2,1-12H3/i13D,14D,16D,17D,18D,19D,26D,27D,28D,29D. The van der Waals surface area contributed by atoms with Crippen molar-refractivity contribution in [3.05, 3.63) is 270 Å². The summed E-state index contributed by atoms with van der Waals surface area (Å²) in [5.74, 6) is 0.779. The molecule has 86 heavy (non-hydrogen) atoms. The molecule has 3 heterocycles. The Balaban J connectivity index is 1.04. The Labute approximate surface area is 524 Å². The maximum atomic E-state index is 9.52. The zero-order valence-corrected chi connectivity index (χ0v) is 51.2. The fourth-order valence-electron chi connectivity index (χ4n) is 12.4. The van der Waals surface area contributed by atoms with E-state index >= 15 is 0 Å². The van der Waals surface area contributed by atoms with E-state index in [0.717, 1.165) is 90.1 Å². The molecule has 0 aliphatic carbocycles. The molecule has 0 saturated heterocycles. The molecule has 0 unspecified atom stereocenters. The third-order valence-electron chi connectivity index (χ3n) is 17.4. The number of hydrogen-bond donors (Lipinski definition) is 0. The van der Waals surface area contributed by atoms with Crippen molar-refractivity contribution in [1.29, 1.82) is 0 Å². The number of pyridine rings is 1. The van der Waals surface area contributed by atoms with Crippen LogP contribution in [0, 0.1) is 20.8 Å². The van der Waals surface area contributed by atoms with Crippen molar-refractivity contribution in [3.8, 4) is 55.6 Å². The van der Waals surface area contributed by atoms with Crippen LogP contribution in [0.4, 0.5) is 57.0 Å². The van der Waals surface area contributed by atoms with Crippen molar-refractivity contribution in [2.24, 2.45) is 0 Å². The van der Waals surface area contributed by atoms with Crippen LogP contribution >= 0.6 is 0 Å². The lowest BCUT2D eigenvalue weighted by Crippen LogP contribution is -2.26. The first-order valence-corrected chi connectivity index (χ1v) is 29.6. The normalized spacial score (nSPS) is 14.6. The van der Waals surface area contributed by atoms with Gasteiger partial charge in [0.2, 0.25) is 0 Å². The first-order valence-electron chi connectivity index (χ1n) is 34.6. The number of fused-ring (bicyclic) bond motifs is 6. The van der Waals surface area contributed by atoms with E-state index in [2.05, 4.69) is 217 Å². The molecule has 0 bridgehead atoms. The maximum Gasteiger partial charge on any atom is 0.137 e. The summed E-state index contributed by atoms with van der Waals surface area (Å²) >= 11 is 0. The maximum absolute atomic E-state index is 9.52. The van der Waals surface area contributed by atoms with Gasteiger partial charge < -0.3 is 14.7 Å². The minimum atomic E-state index is -0.548. The summed E-state index contributed by atoms with van der Waals surface area (Å²) in [6.45, 7) is 25.7. The predicted molar refractivity (Wildman–Crippen MR) is 367 cm³/mol. The number of anilines is 10. The van der Waals surface area contributed by atoms with Gasteiger partial charge in [-0.05, 0) is 183 Å². The molecular formula is C81H77N5. The van der Waals surface area contributed by atoms with Gasteiger partial charge in [0.1, 0.15) is 12.5 Å². The van der Waals surface area contributed by atoms with Crippen LogP contribution in [-0.4, -0.2) is 11.7 Å². The second kappa shape index (κ2) is 21.6. The first-order chi connectivity index (χ1) is 45.5. The lowest BCUT2D eigenvalue weighted by atomic mass is 9.85. The summed E-state index contributed by atoms with van der Waals surface area (Å²) in [5.41, 5.74) is 18.9. The zero-order valence-electron chi connectivity index (χ0n) is 61.2. The molecule has 0 atom stereocenters. The van der Waals surface area contributed by atoms with Crippen LogP contribution in [0.15, 0.2) is 236 Å². The molecule has 11 aromatic rings. The van der Waals surface area contributed by atoms with Gasteiger partial charge in [-0.3, -0.25) is 4.90 Å². The first kappa shape index (κ1) is 45.0. The van der Waals surface area contributed by atoms with Crippen LogP contribution in [0.1, 0.15) is 109 Å². The van der Waals surface area contributed by atoms with Crippen LogP contribution in [0.3, 0.4) is 0 Å². The second-order valence-corrected chi connectivity index (χ2v) is 25.9. The summed E-state index contributed by atoms with van der Waals surface area (Å²) in [6.07, 6.45) is 1.92. The Morgan fingerprint density at radius 1 is 0.395 bits per heavy atom. The van der Waals surface area contributed by atoms with Gasteiger partial charge in [-0.25, -0.2) is 4.98 Å². The molecule has 0 saturated carbocycles. The smallest absolute Gasteiger partial charge is 0.137 e. The minimum absolute atomic E-state index is 0.00733. The van der Waals surface area contributed by atoms with Crippen LogP contribution in [-0.2, 0) is 16.2 Å². The predicted octanol–water partition coefficient (Wildman–Crippen LogP) is 22.7. The molecule has 0 spiro atoms. The molecule has 5 heteroatoms. The van der Waals surface area contributed by atoms with E-state index in [1.54, 1.807) is 0 Å². The number of rotatable bonds is 9. The van der Waals surface area contributed by atoms with E-state index in [9.17, 15) is 5.48 Å². The number of para-hydroxylation sites is 3. The molecule has 13 rings (SSSR count). The Bertz CT molecular complexity index is 4830. The van der Waals surface area contributed by atoms with Crippen LogP contribution in [0.5, 0.6) is 0 Å². The highest BCUT2D eigenvalue weighted by Gasteiger charge is 2.36. The highest BCUT2D eigenvalue weighted by Crippen LogP contribution is 2.56. The van der Waals surface area contributed by atoms with Gasteiger partial charge in [0.05, 0.1) is 42.1 Å². The summed E-state index contributed by atoms with van der Waals surface area (Å²) in [5, 5.41) is 0. The summed E-state index contributed by atoms with van der Waals surface area (Å²) in [6, 6.07) is 55.5. The van der Waals surface area contributed by atoms with Crippen molar-refractivity contribution in [1.82, 2.24) is 4.98 Å². The van der Waals surface area contributed by atoms with Crippen LogP contribution in [0.2, 0.25) is 0 Å². The second-order valence-electron chi connectivity index (χ2n) is 25.9. The van der Waals surface area contributed by atoms with Crippen molar-refractivity contribution in [2.45, 2.75) is 99.3 Å². The topological polar surface area (TPSA) is 25.9 Å². The Morgan fingerprint density at radius 2 is 0.965 bits per heavy atom. The van der Waals surface area contributed by atoms with Crippen LogP contribution in [0.25, 0.3) is 55.6 Å². The highest BCUT2D eigenvalue weighted by molar-refractivity contribution is 6.05. The molecule has 426 valence electrons. The monoisotopic (exact) mass is 1130 g/mol. The molecule has 2 aliphatic rings. The number of hydrogen-bond acceptors (Lipinski definition) is 5. The van der Waals surface area contributed by atoms with E-state index in [0.29, 0.717) is 39.2 Å². The molecule has 0 fully saturated rings. The molecular weight excluding hydrogens is 1040 g/mol. The molecule has 0 amide bonds. The number of nitrogens with zero attached hydrogens (tertiary/aromatic N) is 5. The summed E-state index contributed by atoms with van der Waals surface area (Å²) in [7, 11) is 0. The molecule has 5 nitrogen and oxygen atoms in total. The van der Waals surface area contributed by atoms with Gasteiger partial charge in [-0.15, -0.1) is 0 Å². The average molecular weight is 1130 g/mol. The summed E-state index contributed by atoms with van der Waals surface area (Å²) in [4.78, 5) is 14.1. The third kappa shape index (κ3) is 10.0. The fourth-order valence-corrected chi connectivity index (χ4v) is 12.4. The molecule has 1 aromatic heterocycles. The SMILES string of the molecule is [2H]c1c([2H])c([2H])c(-c2c(C)c(C)c(C)c(-c3c([2H])c([2H])c([2H])c([2H])c3[2H])c2N2CN(c3cc(N(c4ccccc4)c4ccc5c(c4)N(c4cc(C(C)(C)C)ccn4)c4ccc(-c6ccc(C(C)(C)C)cc6)cc4-c4ccccc4-5)cc(C(C)(C)C)c3)c3ccccc32)c([2H])c1[2H]. The molecule has 0 radical (unpaired) electrons. The van der Waals surface area contributed by atoms with Gasteiger partial charge in [0.15, 0.2) is 0 Å². The molecule has 10 aromatic carbocycles. The van der Waals surface area contributed by atoms with E-state index in [4.69, 9.17) is 13.2 Å². The third-order valence-corrected chi connectivity index (χ3v) is 17.4. The zero-order chi connectivity index (χ0) is 68.5. The van der Waals surface area contributed by atoms with Crippen molar-refractivity contribution in [2.75, 3.05) is 26.3 Å². The van der Waals surface area contributed by atoms with Crippen molar-refractivity contribution < 1.29 is 13.7 Å². The van der Waals surface area contributed by atoms with E-state index < -0.39 is 65.8 Å². The minimum Gasteiger partial charge on any atom is -0.321 e. The number of benzene rings is 10. The molecule has 2 aliphatic heterocycles. The average Bonchev–Trinajstić information content (AvgIpc) is 1.27. The Hall–Kier alpha value is -9.45. The van der Waals surface area contributed by atoms with Gasteiger partial charge in [0, 0.05) is 51.2 Å². The van der Waals surface area contributed by atoms with Gasteiger partial charge >= 0.3 is 0 Å². The number of aromatic nitrogens is 1. The van der Waals surface area contributed by atoms with E-state index in [1.807, 2.05) is 62.2 Å². The lowest BCUT2D eigenvalue weighted by Gasteiger charge is -2.33. The van der Waals surface area contributed by atoms with Crippen molar-refractivity contribution in [3.63, 3.8) is 0 Å². The Morgan fingerprint density at radius 3 is 1.58 bits per heavy atom. The lowest BCUT2D eigenvalue weighted by molar-refractivity contribution is 0.589. The van der Waals surface area contributed by atoms with Crippen molar-refractivity contribution >= 4 is 57.0 Å². The summed E-state index contributed by atoms with van der Waals surface area (Å²) < 4.78 is 91.4.